The largest absolute Gasteiger partial charge is 0.507 e. The lowest BCUT2D eigenvalue weighted by Gasteiger charge is -2.31. The number of aryl methyl sites for hydroxylation is 1. The highest BCUT2D eigenvalue weighted by atomic mass is 32.2. The van der Waals surface area contributed by atoms with Crippen LogP contribution in [0.4, 0.5) is 0 Å². The molecule has 2 aromatic rings. The molecule has 5 nitrogen and oxygen atoms in total. The summed E-state index contributed by atoms with van der Waals surface area (Å²) in [5.41, 5.74) is 3.43. The van der Waals surface area contributed by atoms with Gasteiger partial charge in [-0.25, -0.2) is 0 Å². The molecule has 0 saturated carbocycles. The lowest BCUT2D eigenvalue weighted by Crippen LogP contribution is -2.17. The van der Waals surface area contributed by atoms with Crippen molar-refractivity contribution in [1.29, 1.82) is 0 Å². The summed E-state index contributed by atoms with van der Waals surface area (Å²) in [7, 11) is -4.08. The summed E-state index contributed by atoms with van der Waals surface area (Å²) < 4.78 is 30.1. The Bertz CT molecular complexity index is 1040. The van der Waals surface area contributed by atoms with Gasteiger partial charge in [-0.15, -0.1) is 0 Å². The molecule has 0 radical (unpaired) electrons. The molecule has 2 N–H and O–H groups in total. The van der Waals surface area contributed by atoms with Crippen LogP contribution >= 0.6 is 0 Å². The second kappa shape index (κ2) is 7.95. The Morgan fingerprint density at radius 1 is 1.10 bits per heavy atom. The Balaban J connectivity index is 1.96. The second-order valence-corrected chi connectivity index (χ2v) is 9.30. The van der Waals surface area contributed by atoms with Gasteiger partial charge in [0.25, 0.3) is 0 Å². The zero-order valence-electron chi connectivity index (χ0n) is 16.8. The van der Waals surface area contributed by atoms with Gasteiger partial charge in [-0.1, -0.05) is 41.5 Å². The number of hydrogen-bond acceptors (Lipinski definition) is 5. The Kier molecular flexibility index (Phi) is 5.75. The fourth-order valence-electron chi connectivity index (χ4n) is 3.77. The fourth-order valence-corrected chi connectivity index (χ4v) is 4.69. The summed E-state index contributed by atoms with van der Waals surface area (Å²) in [4.78, 5) is -0.000610. The van der Waals surface area contributed by atoms with Crippen LogP contribution in [0.3, 0.4) is 0 Å². The standard InChI is InChI=1S/C23H26O5S/c1-14(2)19-10-7-16(4)11-20(19)23-21(24)12-17(13-22(23)25)28-29(26,27)18-8-5-15(3)6-9-18/h5-6,8-9,11-13,19-20,24-25H,1,7,10H2,2-4H3/t19-,20+/m0/s1. The number of phenols is 2. The van der Waals surface area contributed by atoms with E-state index in [1.807, 2.05) is 26.8 Å². The van der Waals surface area contributed by atoms with E-state index in [1.165, 1.54) is 29.8 Å². The molecule has 6 heteroatoms. The summed E-state index contributed by atoms with van der Waals surface area (Å²) in [5.74, 6) is -0.710. The first-order valence-electron chi connectivity index (χ1n) is 9.48. The minimum atomic E-state index is -4.08. The molecule has 154 valence electrons. The minimum Gasteiger partial charge on any atom is -0.507 e. The van der Waals surface area contributed by atoms with Crippen molar-refractivity contribution < 1.29 is 22.8 Å². The predicted octanol–water partition coefficient (Wildman–Crippen LogP) is 5.19. The molecule has 0 aliphatic heterocycles. The van der Waals surface area contributed by atoms with Gasteiger partial charge in [-0.2, -0.15) is 8.42 Å². The molecule has 0 unspecified atom stereocenters. The van der Waals surface area contributed by atoms with E-state index in [-0.39, 0.29) is 34.0 Å². The molecule has 1 aliphatic carbocycles. The topological polar surface area (TPSA) is 83.8 Å². The quantitative estimate of drug-likeness (QED) is 0.520. The van der Waals surface area contributed by atoms with Crippen LogP contribution in [0, 0.1) is 12.8 Å². The van der Waals surface area contributed by atoms with Gasteiger partial charge in [0, 0.05) is 23.6 Å². The highest BCUT2D eigenvalue weighted by molar-refractivity contribution is 7.87. The van der Waals surface area contributed by atoms with E-state index in [0.29, 0.717) is 5.56 Å². The Hall–Kier alpha value is -2.73. The van der Waals surface area contributed by atoms with E-state index in [2.05, 4.69) is 6.58 Å². The van der Waals surface area contributed by atoms with Crippen LogP contribution < -0.4 is 4.18 Å². The molecule has 0 heterocycles. The van der Waals surface area contributed by atoms with Gasteiger partial charge < -0.3 is 14.4 Å². The number of allylic oxidation sites excluding steroid dienone is 3. The average Bonchev–Trinajstić information content (AvgIpc) is 2.61. The molecule has 0 bridgehead atoms. The Morgan fingerprint density at radius 2 is 1.69 bits per heavy atom. The molecule has 3 rings (SSSR count). The van der Waals surface area contributed by atoms with Crippen molar-refractivity contribution in [2.75, 3.05) is 0 Å². The summed E-state index contributed by atoms with van der Waals surface area (Å²) in [6.07, 6.45) is 3.84. The first-order valence-corrected chi connectivity index (χ1v) is 10.9. The summed E-state index contributed by atoms with van der Waals surface area (Å²) in [5, 5.41) is 21.2. The zero-order valence-corrected chi connectivity index (χ0v) is 17.7. The van der Waals surface area contributed by atoms with Gasteiger partial charge in [0.2, 0.25) is 0 Å². The van der Waals surface area contributed by atoms with Gasteiger partial charge in [-0.3, -0.25) is 0 Å². The first-order chi connectivity index (χ1) is 13.6. The van der Waals surface area contributed by atoms with Gasteiger partial charge in [0.15, 0.2) is 0 Å². The van der Waals surface area contributed by atoms with E-state index in [0.717, 1.165) is 24.0 Å². The first kappa shape index (κ1) is 21.0. The summed E-state index contributed by atoms with van der Waals surface area (Å²) in [6.45, 7) is 9.85. The smallest absolute Gasteiger partial charge is 0.339 e. The summed E-state index contributed by atoms with van der Waals surface area (Å²) in [6, 6.07) is 8.70. The van der Waals surface area contributed by atoms with Crippen molar-refractivity contribution in [3.8, 4) is 17.2 Å². The lowest BCUT2D eigenvalue weighted by atomic mass is 9.74. The predicted molar refractivity (Wildman–Crippen MR) is 113 cm³/mol. The molecule has 29 heavy (non-hydrogen) atoms. The van der Waals surface area contributed by atoms with Crippen molar-refractivity contribution in [2.24, 2.45) is 5.92 Å². The second-order valence-electron chi connectivity index (χ2n) is 7.76. The van der Waals surface area contributed by atoms with Crippen molar-refractivity contribution in [3.05, 3.63) is 71.3 Å². The third-order valence-electron chi connectivity index (χ3n) is 5.34. The average molecular weight is 415 g/mol. The van der Waals surface area contributed by atoms with E-state index in [9.17, 15) is 18.6 Å². The van der Waals surface area contributed by atoms with Crippen LogP contribution in [-0.2, 0) is 10.1 Å². The Morgan fingerprint density at radius 3 is 2.24 bits per heavy atom. The maximum absolute atomic E-state index is 12.5. The third kappa shape index (κ3) is 4.48. The highest BCUT2D eigenvalue weighted by Gasteiger charge is 2.30. The fraction of sp³-hybridized carbons (Fsp3) is 0.304. The van der Waals surface area contributed by atoms with Crippen LogP contribution in [-0.4, -0.2) is 18.6 Å². The van der Waals surface area contributed by atoms with Gasteiger partial charge in [0.1, 0.15) is 22.1 Å². The zero-order chi connectivity index (χ0) is 21.3. The maximum atomic E-state index is 12.5. The van der Waals surface area contributed by atoms with E-state index < -0.39 is 10.1 Å². The number of benzene rings is 2. The monoisotopic (exact) mass is 414 g/mol. The molecule has 0 fully saturated rings. The van der Waals surface area contributed by atoms with Crippen LogP contribution in [0.25, 0.3) is 0 Å². The third-order valence-corrected chi connectivity index (χ3v) is 6.60. The number of rotatable bonds is 5. The molecule has 2 atom stereocenters. The van der Waals surface area contributed by atoms with E-state index in [1.54, 1.807) is 12.1 Å². The van der Waals surface area contributed by atoms with E-state index in [4.69, 9.17) is 4.18 Å². The summed E-state index contributed by atoms with van der Waals surface area (Å²) >= 11 is 0. The van der Waals surface area contributed by atoms with Crippen molar-refractivity contribution >= 4 is 10.1 Å². The van der Waals surface area contributed by atoms with Gasteiger partial charge >= 0.3 is 10.1 Å². The molecule has 0 aromatic heterocycles. The normalized spacial score (nSPS) is 19.5. The number of aromatic hydroxyl groups is 2. The van der Waals surface area contributed by atoms with E-state index >= 15 is 0 Å². The maximum Gasteiger partial charge on any atom is 0.339 e. The SMILES string of the molecule is C=C(C)[C@@H]1CCC(C)=C[C@H]1c1c(O)cc(OS(=O)(=O)c2ccc(C)cc2)cc1O. The van der Waals surface area contributed by atoms with Crippen LogP contribution in [0.1, 0.15) is 43.7 Å². The minimum absolute atomic E-state index is 0.000610. The highest BCUT2D eigenvalue weighted by Crippen LogP contribution is 2.47. The van der Waals surface area contributed by atoms with Gasteiger partial charge in [0.05, 0.1) is 0 Å². The van der Waals surface area contributed by atoms with Crippen molar-refractivity contribution in [1.82, 2.24) is 0 Å². The molecule has 1 aliphatic rings. The van der Waals surface area contributed by atoms with Crippen LogP contribution in [0.15, 0.2) is 65.1 Å². The molecular weight excluding hydrogens is 388 g/mol. The molecular formula is C23H26O5S. The van der Waals surface area contributed by atoms with Crippen LogP contribution in [0.2, 0.25) is 0 Å². The lowest BCUT2D eigenvalue weighted by molar-refractivity contribution is 0.402. The molecule has 0 spiro atoms. The molecule has 0 amide bonds. The van der Waals surface area contributed by atoms with Crippen molar-refractivity contribution in [3.63, 3.8) is 0 Å². The van der Waals surface area contributed by atoms with Crippen molar-refractivity contribution in [2.45, 2.75) is 44.4 Å². The molecule has 2 aromatic carbocycles. The van der Waals surface area contributed by atoms with Crippen LogP contribution in [0.5, 0.6) is 17.2 Å². The Labute approximate surface area is 172 Å². The number of phenolic OH excluding ortho intramolecular Hbond substituents is 2. The number of hydrogen-bond donors (Lipinski definition) is 2. The molecule has 0 saturated heterocycles. The van der Waals surface area contributed by atoms with Gasteiger partial charge in [-0.05, 0) is 51.7 Å².